The highest BCUT2D eigenvalue weighted by Crippen LogP contribution is 2.07. The van der Waals surface area contributed by atoms with Gasteiger partial charge in [-0.25, -0.2) is 0 Å². The maximum Gasteiger partial charge on any atom is 0.0169 e. The summed E-state index contributed by atoms with van der Waals surface area (Å²) in [6, 6.07) is 0. The van der Waals surface area contributed by atoms with E-state index >= 15 is 0 Å². The first-order valence-corrected chi connectivity index (χ1v) is 5.15. The predicted molar refractivity (Wildman–Crippen MR) is 66.2 cm³/mol. The van der Waals surface area contributed by atoms with E-state index in [0.29, 0.717) is 0 Å². The van der Waals surface area contributed by atoms with Crippen LogP contribution in [0.1, 0.15) is 20.3 Å². The molecule has 0 bridgehead atoms. The molecule has 0 atom stereocenters. The van der Waals surface area contributed by atoms with Crippen molar-refractivity contribution in [2.45, 2.75) is 20.3 Å². The minimum atomic E-state index is 1.03. The lowest BCUT2D eigenvalue weighted by Crippen LogP contribution is -1.89. The Labute approximate surface area is 90.7 Å². The van der Waals surface area contributed by atoms with Crippen molar-refractivity contribution in [2.75, 3.05) is 14.1 Å². The maximum absolute atomic E-state index is 3.62. The first-order chi connectivity index (χ1) is 6.12. The van der Waals surface area contributed by atoms with Gasteiger partial charge in [-0.2, -0.15) is 0 Å². The SMILES string of the molecule is C=C/C(Br)=C\C=C(/C)CC.CNC. The molecule has 0 aromatic rings. The van der Waals surface area contributed by atoms with Crippen LogP contribution in [0, 0.1) is 0 Å². The van der Waals surface area contributed by atoms with Gasteiger partial charge in [0, 0.05) is 4.48 Å². The highest BCUT2D eigenvalue weighted by Gasteiger charge is 1.81. The van der Waals surface area contributed by atoms with Gasteiger partial charge in [0.25, 0.3) is 0 Å². The minimum Gasteiger partial charge on any atom is -0.323 e. The Hall–Kier alpha value is -0.340. The first-order valence-electron chi connectivity index (χ1n) is 4.36. The van der Waals surface area contributed by atoms with Crippen LogP contribution in [0.3, 0.4) is 0 Å². The number of allylic oxidation sites excluding steroid dienone is 5. The molecule has 0 fully saturated rings. The zero-order chi connectivity index (χ0) is 10.7. The number of rotatable bonds is 3. The summed E-state index contributed by atoms with van der Waals surface area (Å²) in [4.78, 5) is 0. The number of halogens is 1. The van der Waals surface area contributed by atoms with Gasteiger partial charge < -0.3 is 5.32 Å². The molecule has 0 aliphatic rings. The fraction of sp³-hybridized carbons (Fsp3) is 0.455. The summed E-state index contributed by atoms with van der Waals surface area (Å²) >= 11 is 3.33. The highest BCUT2D eigenvalue weighted by atomic mass is 79.9. The van der Waals surface area contributed by atoms with E-state index in [2.05, 4.69) is 47.7 Å². The van der Waals surface area contributed by atoms with Gasteiger partial charge in [0.1, 0.15) is 0 Å². The van der Waals surface area contributed by atoms with Crippen LogP contribution in [0.2, 0.25) is 0 Å². The quantitative estimate of drug-likeness (QED) is 0.749. The van der Waals surface area contributed by atoms with Crippen molar-refractivity contribution in [3.8, 4) is 0 Å². The van der Waals surface area contributed by atoms with Crippen LogP contribution >= 0.6 is 15.9 Å². The summed E-state index contributed by atoms with van der Waals surface area (Å²) in [6.45, 7) is 7.87. The number of hydrogen-bond donors (Lipinski definition) is 1. The van der Waals surface area contributed by atoms with Crippen LogP contribution in [0.15, 0.2) is 34.9 Å². The van der Waals surface area contributed by atoms with E-state index < -0.39 is 0 Å². The van der Waals surface area contributed by atoms with Crippen molar-refractivity contribution >= 4 is 15.9 Å². The van der Waals surface area contributed by atoms with E-state index in [-0.39, 0.29) is 0 Å². The van der Waals surface area contributed by atoms with E-state index in [1.807, 2.05) is 20.2 Å². The third-order valence-electron chi connectivity index (χ3n) is 1.28. The van der Waals surface area contributed by atoms with Gasteiger partial charge in [0.05, 0.1) is 0 Å². The maximum atomic E-state index is 3.62. The average molecular weight is 246 g/mol. The van der Waals surface area contributed by atoms with E-state index in [0.717, 1.165) is 10.9 Å². The Kier molecular flexibility index (Phi) is 13.6. The van der Waals surface area contributed by atoms with E-state index in [1.165, 1.54) is 5.57 Å². The molecule has 13 heavy (non-hydrogen) atoms. The second kappa shape index (κ2) is 11.7. The lowest BCUT2D eigenvalue weighted by atomic mass is 10.2. The van der Waals surface area contributed by atoms with Crippen LogP contribution < -0.4 is 5.32 Å². The Morgan fingerprint density at radius 3 is 2.15 bits per heavy atom. The third-order valence-corrected chi connectivity index (χ3v) is 1.87. The van der Waals surface area contributed by atoms with Gasteiger partial charge in [-0.1, -0.05) is 47.2 Å². The lowest BCUT2D eigenvalue weighted by molar-refractivity contribution is 1.02. The molecule has 0 unspecified atom stereocenters. The summed E-state index contributed by atoms with van der Waals surface area (Å²) in [6.07, 6.45) is 6.98. The molecule has 76 valence electrons. The van der Waals surface area contributed by atoms with Crippen LogP contribution in [0.5, 0.6) is 0 Å². The van der Waals surface area contributed by atoms with Crippen molar-refractivity contribution in [3.63, 3.8) is 0 Å². The summed E-state index contributed by atoms with van der Waals surface area (Å²) in [5.41, 5.74) is 1.37. The molecule has 0 saturated carbocycles. The number of hydrogen-bond acceptors (Lipinski definition) is 1. The van der Waals surface area contributed by atoms with Gasteiger partial charge in [-0.3, -0.25) is 0 Å². The van der Waals surface area contributed by atoms with Gasteiger partial charge in [0.15, 0.2) is 0 Å². The smallest absolute Gasteiger partial charge is 0.0169 e. The van der Waals surface area contributed by atoms with Crippen molar-refractivity contribution in [2.24, 2.45) is 0 Å². The second-order valence-electron chi connectivity index (χ2n) is 2.62. The molecular weight excluding hydrogens is 226 g/mol. The van der Waals surface area contributed by atoms with Crippen LogP contribution in [-0.2, 0) is 0 Å². The molecule has 0 radical (unpaired) electrons. The fourth-order valence-corrected chi connectivity index (χ4v) is 0.540. The zero-order valence-corrected chi connectivity index (χ0v) is 10.6. The average Bonchev–Trinajstić information content (AvgIpc) is 2.14. The van der Waals surface area contributed by atoms with Gasteiger partial charge in [0.2, 0.25) is 0 Å². The van der Waals surface area contributed by atoms with Crippen molar-refractivity contribution in [1.29, 1.82) is 0 Å². The molecule has 0 aliphatic carbocycles. The monoisotopic (exact) mass is 245 g/mol. The topological polar surface area (TPSA) is 12.0 Å². The molecular formula is C11H20BrN. The zero-order valence-electron chi connectivity index (χ0n) is 9.02. The molecule has 1 N–H and O–H groups in total. The lowest BCUT2D eigenvalue weighted by Gasteiger charge is -1.89. The normalized spacial score (nSPS) is 11.8. The molecule has 0 amide bonds. The van der Waals surface area contributed by atoms with Crippen LogP contribution in [-0.4, -0.2) is 14.1 Å². The minimum absolute atomic E-state index is 1.03. The Morgan fingerprint density at radius 1 is 1.38 bits per heavy atom. The molecule has 0 aromatic carbocycles. The molecule has 1 nitrogen and oxygen atoms in total. The van der Waals surface area contributed by atoms with Gasteiger partial charge in [-0.05, 0) is 33.5 Å². The third kappa shape index (κ3) is 14.5. The summed E-state index contributed by atoms with van der Waals surface area (Å²) in [5, 5.41) is 2.75. The van der Waals surface area contributed by atoms with Crippen LogP contribution in [0.4, 0.5) is 0 Å². The van der Waals surface area contributed by atoms with Crippen molar-refractivity contribution < 1.29 is 0 Å². The van der Waals surface area contributed by atoms with Gasteiger partial charge in [-0.15, -0.1) is 0 Å². The summed E-state index contributed by atoms with van der Waals surface area (Å²) in [5.74, 6) is 0. The van der Waals surface area contributed by atoms with E-state index in [9.17, 15) is 0 Å². The molecule has 0 saturated heterocycles. The fourth-order valence-electron chi connectivity index (χ4n) is 0.408. The molecule has 0 aliphatic heterocycles. The Balaban J connectivity index is 0. The largest absolute Gasteiger partial charge is 0.323 e. The summed E-state index contributed by atoms with van der Waals surface area (Å²) in [7, 11) is 3.75. The standard InChI is InChI=1S/C9H13Br.C2H7N/c1-4-8(3)6-7-9(10)5-2;1-3-2/h5-7H,2,4H2,1,3H3;3H,1-2H3/b8-6+,9-7+;. The Bertz CT molecular complexity index is 181. The van der Waals surface area contributed by atoms with E-state index in [4.69, 9.17) is 0 Å². The second-order valence-corrected chi connectivity index (χ2v) is 3.54. The van der Waals surface area contributed by atoms with Gasteiger partial charge >= 0.3 is 0 Å². The van der Waals surface area contributed by atoms with Crippen molar-refractivity contribution in [3.05, 3.63) is 34.9 Å². The van der Waals surface area contributed by atoms with E-state index in [1.54, 1.807) is 6.08 Å². The number of nitrogens with one attached hydrogen (secondary N) is 1. The Morgan fingerprint density at radius 2 is 1.85 bits per heavy atom. The molecule has 0 heterocycles. The first kappa shape index (κ1) is 15.1. The molecule has 0 rings (SSSR count). The summed E-state index contributed by atoms with van der Waals surface area (Å²) < 4.78 is 1.03. The van der Waals surface area contributed by atoms with Crippen LogP contribution in [0.25, 0.3) is 0 Å². The molecule has 0 aromatic heterocycles. The predicted octanol–water partition coefficient (Wildman–Crippen LogP) is 3.64. The molecule has 2 heteroatoms. The molecule has 0 spiro atoms. The highest BCUT2D eigenvalue weighted by molar-refractivity contribution is 9.11. The van der Waals surface area contributed by atoms with Crippen molar-refractivity contribution in [1.82, 2.24) is 5.32 Å².